The van der Waals surface area contributed by atoms with Crippen molar-refractivity contribution in [2.75, 3.05) is 26.2 Å². The van der Waals surface area contributed by atoms with Crippen LogP contribution in [0.1, 0.15) is 51.4 Å². The van der Waals surface area contributed by atoms with Crippen LogP contribution in [0.4, 0.5) is 0 Å². The molecule has 2 aliphatic heterocycles. The molecule has 3 atom stereocenters. The first-order chi connectivity index (χ1) is 8.43. The van der Waals surface area contributed by atoms with Gasteiger partial charge in [-0.25, -0.2) is 0 Å². The van der Waals surface area contributed by atoms with E-state index in [-0.39, 0.29) is 0 Å². The fourth-order valence-electron chi connectivity index (χ4n) is 4.31. The number of fused-ring (bicyclic) bond motifs is 1. The Labute approximate surface area is 106 Å². The summed E-state index contributed by atoms with van der Waals surface area (Å²) >= 11 is 0. The van der Waals surface area contributed by atoms with Gasteiger partial charge in [0.15, 0.2) is 0 Å². The van der Waals surface area contributed by atoms with E-state index >= 15 is 0 Å². The third-order valence-corrected chi connectivity index (χ3v) is 5.35. The molecule has 2 heterocycles. The third-order valence-electron chi connectivity index (χ3n) is 5.35. The quantitative estimate of drug-likeness (QED) is 0.810. The molecule has 2 heteroatoms. The minimum atomic E-state index is 0.965. The van der Waals surface area contributed by atoms with Crippen molar-refractivity contribution in [3.63, 3.8) is 0 Å². The van der Waals surface area contributed by atoms with Gasteiger partial charge in [0, 0.05) is 6.04 Å². The lowest BCUT2D eigenvalue weighted by molar-refractivity contribution is 0.0569. The number of likely N-dealkylation sites (tertiary alicyclic amines) is 1. The van der Waals surface area contributed by atoms with Gasteiger partial charge in [0.1, 0.15) is 0 Å². The summed E-state index contributed by atoms with van der Waals surface area (Å²) in [7, 11) is 0. The summed E-state index contributed by atoms with van der Waals surface area (Å²) in [5.74, 6) is 2.03. The average Bonchev–Trinajstić information content (AvgIpc) is 2.89. The molecule has 0 bridgehead atoms. The van der Waals surface area contributed by atoms with Crippen molar-refractivity contribution in [2.45, 2.75) is 57.4 Å². The first-order valence-electron chi connectivity index (χ1n) is 7.88. The molecule has 0 spiro atoms. The lowest BCUT2D eigenvalue weighted by Gasteiger charge is -2.44. The number of nitrogens with zero attached hydrogens (tertiary/aromatic N) is 1. The van der Waals surface area contributed by atoms with Crippen LogP contribution in [0, 0.1) is 11.8 Å². The fraction of sp³-hybridized carbons (Fsp3) is 1.00. The third kappa shape index (κ3) is 2.85. The average molecular weight is 236 g/mol. The molecule has 0 aromatic carbocycles. The zero-order valence-corrected chi connectivity index (χ0v) is 11.2. The minimum Gasteiger partial charge on any atom is -0.316 e. The second-order valence-corrected chi connectivity index (χ2v) is 6.44. The predicted octanol–water partition coefficient (Wildman–Crippen LogP) is 2.64. The molecular formula is C15H28N2. The van der Waals surface area contributed by atoms with Crippen LogP contribution < -0.4 is 5.32 Å². The Morgan fingerprint density at radius 3 is 2.76 bits per heavy atom. The van der Waals surface area contributed by atoms with E-state index in [4.69, 9.17) is 0 Å². The number of nitrogens with one attached hydrogen (secondary N) is 1. The molecule has 2 nitrogen and oxygen atoms in total. The fourth-order valence-corrected chi connectivity index (χ4v) is 4.31. The highest BCUT2D eigenvalue weighted by atomic mass is 15.2. The van der Waals surface area contributed by atoms with E-state index in [2.05, 4.69) is 10.2 Å². The van der Waals surface area contributed by atoms with E-state index in [9.17, 15) is 0 Å². The Hall–Kier alpha value is -0.0800. The Morgan fingerprint density at radius 1 is 1.00 bits per heavy atom. The number of rotatable bonds is 3. The van der Waals surface area contributed by atoms with Gasteiger partial charge < -0.3 is 10.2 Å². The van der Waals surface area contributed by atoms with Crippen molar-refractivity contribution in [3.05, 3.63) is 0 Å². The van der Waals surface area contributed by atoms with Crippen LogP contribution >= 0.6 is 0 Å². The smallest absolute Gasteiger partial charge is 0.0123 e. The van der Waals surface area contributed by atoms with Gasteiger partial charge in [0.25, 0.3) is 0 Å². The van der Waals surface area contributed by atoms with E-state index in [0.29, 0.717) is 0 Å². The molecule has 98 valence electrons. The minimum absolute atomic E-state index is 0.965. The maximum atomic E-state index is 3.50. The van der Waals surface area contributed by atoms with Crippen molar-refractivity contribution in [1.82, 2.24) is 10.2 Å². The maximum absolute atomic E-state index is 3.50. The van der Waals surface area contributed by atoms with Crippen LogP contribution in [0.2, 0.25) is 0 Å². The van der Waals surface area contributed by atoms with E-state index in [1.54, 1.807) is 0 Å². The monoisotopic (exact) mass is 236 g/mol. The van der Waals surface area contributed by atoms with Crippen LogP contribution in [0.5, 0.6) is 0 Å². The van der Waals surface area contributed by atoms with E-state index in [1.165, 1.54) is 77.5 Å². The molecular weight excluding hydrogens is 208 g/mol. The zero-order chi connectivity index (χ0) is 11.5. The molecule has 0 aromatic rings. The molecule has 1 aliphatic carbocycles. The number of hydrogen-bond acceptors (Lipinski definition) is 2. The maximum Gasteiger partial charge on any atom is 0.0123 e. The number of hydrogen-bond donors (Lipinski definition) is 1. The van der Waals surface area contributed by atoms with Crippen molar-refractivity contribution in [3.8, 4) is 0 Å². The molecule has 2 saturated heterocycles. The van der Waals surface area contributed by atoms with Crippen molar-refractivity contribution < 1.29 is 0 Å². The van der Waals surface area contributed by atoms with Gasteiger partial charge in [0.2, 0.25) is 0 Å². The molecule has 0 aromatic heterocycles. The highest BCUT2D eigenvalue weighted by Crippen LogP contribution is 2.35. The molecule has 3 aliphatic rings. The van der Waals surface area contributed by atoms with E-state index < -0.39 is 0 Å². The van der Waals surface area contributed by atoms with Crippen LogP contribution in [-0.4, -0.2) is 37.1 Å². The Morgan fingerprint density at radius 2 is 1.88 bits per heavy atom. The molecule has 3 rings (SSSR count). The van der Waals surface area contributed by atoms with Gasteiger partial charge in [-0.1, -0.05) is 12.8 Å². The second-order valence-electron chi connectivity index (χ2n) is 6.44. The SMILES string of the molecule is C1CC[C@@H]2[C@H](C1)CCCN2CCC1CCNC1. The molecule has 0 radical (unpaired) electrons. The highest BCUT2D eigenvalue weighted by molar-refractivity contribution is 4.87. The summed E-state index contributed by atoms with van der Waals surface area (Å²) in [4.78, 5) is 2.85. The van der Waals surface area contributed by atoms with Gasteiger partial charge in [-0.05, 0) is 76.5 Å². The summed E-state index contributed by atoms with van der Waals surface area (Å²) < 4.78 is 0. The molecule has 17 heavy (non-hydrogen) atoms. The van der Waals surface area contributed by atoms with Gasteiger partial charge in [0.05, 0.1) is 0 Å². The Bertz CT molecular complexity index is 233. The topological polar surface area (TPSA) is 15.3 Å². The lowest BCUT2D eigenvalue weighted by Crippen LogP contribution is -2.47. The summed E-state index contributed by atoms with van der Waals surface area (Å²) in [5.41, 5.74) is 0. The van der Waals surface area contributed by atoms with Crippen LogP contribution in [-0.2, 0) is 0 Å². The highest BCUT2D eigenvalue weighted by Gasteiger charge is 2.33. The molecule has 0 amide bonds. The van der Waals surface area contributed by atoms with E-state index in [0.717, 1.165) is 17.9 Å². The Balaban J connectivity index is 1.50. The van der Waals surface area contributed by atoms with Gasteiger partial charge in [-0.15, -0.1) is 0 Å². The van der Waals surface area contributed by atoms with Gasteiger partial charge in [-0.3, -0.25) is 0 Å². The lowest BCUT2D eigenvalue weighted by atomic mass is 9.78. The summed E-state index contributed by atoms with van der Waals surface area (Å²) in [6.07, 6.45) is 11.8. The van der Waals surface area contributed by atoms with Crippen molar-refractivity contribution in [1.29, 1.82) is 0 Å². The second kappa shape index (κ2) is 5.71. The summed E-state index contributed by atoms with van der Waals surface area (Å²) in [6.45, 7) is 5.31. The number of piperidine rings is 1. The first-order valence-corrected chi connectivity index (χ1v) is 7.88. The molecule has 3 fully saturated rings. The summed E-state index contributed by atoms with van der Waals surface area (Å²) in [5, 5.41) is 3.50. The standard InChI is InChI=1S/C15H28N2/c1-2-6-15-14(4-1)5-3-10-17(15)11-8-13-7-9-16-12-13/h13-16H,1-12H2/t13?,14-,15-/m1/s1. The zero-order valence-electron chi connectivity index (χ0n) is 11.2. The predicted molar refractivity (Wildman–Crippen MR) is 72.1 cm³/mol. The van der Waals surface area contributed by atoms with Gasteiger partial charge >= 0.3 is 0 Å². The largest absolute Gasteiger partial charge is 0.316 e. The van der Waals surface area contributed by atoms with E-state index in [1.807, 2.05) is 0 Å². The van der Waals surface area contributed by atoms with Crippen LogP contribution in [0.3, 0.4) is 0 Å². The van der Waals surface area contributed by atoms with Crippen LogP contribution in [0.15, 0.2) is 0 Å². The van der Waals surface area contributed by atoms with Crippen molar-refractivity contribution >= 4 is 0 Å². The van der Waals surface area contributed by atoms with Gasteiger partial charge in [-0.2, -0.15) is 0 Å². The molecule has 1 saturated carbocycles. The first kappa shape index (κ1) is 12.0. The summed E-state index contributed by atoms with van der Waals surface area (Å²) in [6, 6.07) is 0.965. The molecule has 1 unspecified atom stereocenters. The van der Waals surface area contributed by atoms with Crippen molar-refractivity contribution in [2.24, 2.45) is 11.8 Å². The van der Waals surface area contributed by atoms with Crippen LogP contribution in [0.25, 0.3) is 0 Å². The molecule has 1 N–H and O–H groups in total. The Kier molecular flexibility index (Phi) is 4.02. The normalized spacial score (nSPS) is 39.2.